The highest BCUT2D eigenvalue weighted by atomic mass is 35.5. The molecule has 0 unspecified atom stereocenters. The van der Waals surface area contributed by atoms with Crippen molar-refractivity contribution in [2.75, 3.05) is 5.34 Å². The number of benzene rings is 1. The first kappa shape index (κ1) is 11.5. The van der Waals surface area contributed by atoms with Gasteiger partial charge in [0, 0.05) is 0 Å². The lowest BCUT2D eigenvalue weighted by Crippen LogP contribution is -1.65. The Labute approximate surface area is 83.8 Å². The Morgan fingerprint density at radius 1 is 1.17 bits per heavy atom. The van der Waals surface area contributed by atoms with Crippen molar-refractivity contribution in [1.82, 2.24) is 0 Å². The molecular weight excluding hydrogens is 191 g/mol. The molecule has 0 aliphatic heterocycles. The number of hydrogen-bond donors (Lipinski definition) is 0. The SMILES string of the molecule is CC=Cc1ccccc1.ClCCl. The van der Waals surface area contributed by atoms with Crippen LogP contribution in [0.4, 0.5) is 0 Å². The lowest BCUT2D eigenvalue weighted by molar-refractivity contribution is 1.64. The van der Waals surface area contributed by atoms with Crippen molar-refractivity contribution < 1.29 is 0 Å². The van der Waals surface area contributed by atoms with Crippen molar-refractivity contribution in [1.29, 1.82) is 0 Å². The van der Waals surface area contributed by atoms with Gasteiger partial charge in [-0.25, -0.2) is 0 Å². The van der Waals surface area contributed by atoms with E-state index >= 15 is 0 Å². The Hall–Kier alpha value is -0.460. The maximum atomic E-state index is 4.76. The summed E-state index contributed by atoms with van der Waals surface area (Å²) in [6.07, 6.45) is 4.12. The highest BCUT2D eigenvalue weighted by molar-refractivity contribution is 6.40. The van der Waals surface area contributed by atoms with Crippen LogP contribution in [0.5, 0.6) is 0 Å². The summed E-state index contributed by atoms with van der Waals surface area (Å²) in [5, 5.41) is 0.194. The molecule has 0 spiro atoms. The van der Waals surface area contributed by atoms with Crippen LogP contribution in [0.2, 0.25) is 0 Å². The second kappa shape index (κ2) is 8.63. The normalized spacial score (nSPS) is 9.25. The molecule has 0 radical (unpaired) electrons. The van der Waals surface area contributed by atoms with Gasteiger partial charge in [0.05, 0.1) is 5.34 Å². The second-order valence-corrected chi connectivity index (χ2v) is 2.82. The molecular formula is C10H12Cl2. The van der Waals surface area contributed by atoms with E-state index in [2.05, 4.69) is 18.2 Å². The monoisotopic (exact) mass is 202 g/mol. The van der Waals surface area contributed by atoms with Gasteiger partial charge >= 0.3 is 0 Å². The van der Waals surface area contributed by atoms with Gasteiger partial charge in [-0.15, -0.1) is 23.2 Å². The molecule has 2 heteroatoms. The predicted molar refractivity (Wildman–Crippen MR) is 57.7 cm³/mol. The Morgan fingerprint density at radius 2 is 1.67 bits per heavy atom. The smallest absolute Gasteiger partial charge is 0.0967 e. The fraction of sp³-hybridized carbons (Fsp3) is 0.200. The zero-order valence-electron chi connectivity index (χ0n) is 7.00. The van der Waals surface area contributed by atoms with Crippen LogP contribution >= 0.6 is 23.2 Å². The van der Waals surface area contributed by atoms with Crippen LogP contribution in [0.15, 0.2) is 36.4 Å². The zero-order valence-corrected chi connectivity index (χ0v) is 8.52. The van der Waals surface area contributed by atoms with Gasteiger partial charge in [-0.2, -0.15) is 0 Å². The fourth-order valence-electron chi connectivity index (χ4n) is 0.757. The van der Waals surface area contributed by atoms with Crippen molar-refractivity contribution in [3.8, 4) is 0 Å². The van der Waals surface area contributed by atoms with Crippen LogP contribution in [0, 0.1) is 0 Å². The summed E-state index contributed by atoms with van der Waals surface area (Å²) in [5.74, 6) is 0. The summed E-state index contributed by atoms with van der Waals surface area (Å²) < 4.78 is 0. The Morgan fingerprint density at radius 3 is 2.08 bits per heavy atom. The minimum atomic E-state index is 0.194. The van der Waals surface area contributed by atoms with Gasteiger partial charge in [0.1, 0.15) is 0 Å². The van der Waals surface area contributed by atoms with Gasteiger partial charge in [-0.05, 0) is 12.5 Å². The first-order valence-corrected chi connectivity index (χ1v) is 4.71. The molecule has 0 atom stereocenters. The number of alkyl halides is 2. The van der Waals surface area contributed by atoms with Crippen molar-refractivity contribution in [2.24, 2.45) is 0 Å². The summed E-state index contributed by atoms with van der Waals surface area (Å²) in [6, 6.07) is 10.3. The molecule has 0 bridgehead atoms. The van der Waals surface area contributed by atoms with Crippen molar-refractivity contribution in [3.05, 3.63) is 42.0 Å². The molecule has 0 nitrogen and oxygen atoms in total. The molecule has 0 fully saturated rings. The maximum absolute atomic E-state index is 4.76. The van der Waals surface area contributed by atoms with Crippen molar-refractivity contribution >= 4 is 29.3 Å². The van der Waals surface area contributed by atoms with Crippen LogP contribution in [-0.4, -0.2) is 5.34 Å². The zero-order chi connectivity index (χ0) is 9.23. The Bertz CT molecular complexity index is 204. The predicted octanol–water partition coefficient (Wildman–Crippen LogP) is 4.14. The van der Waals surface area contributed by atoms with E-state index in [4.69, 9.17) is 23.2 Å². The standard InChI is InChI=1S/C9H10.CH2Cl2/c1-2-6-9-7-4-3-5-8-9;2-1-3/h2-8H,1H3;1H2. The number of halogens is 2. The second-order valence-electron chi connectivity index (χ2n) is 2.01. The highest BCUT2D eigenvalue weighted by Gasteiger charge is 1.77. The van der Waals surface area contributed by atoms with Crippen LogP contribution < -0.4 is 0 Å². The first-order chi connectivity index (χ1) is 5.85. The first-order valence-electron chi connectivity index (χ1n) is 3.64. The van der Waals surface area contributed by atoms with E-state index in [-0.39, 0.29) is 5.34 Å². The summed E-state index contributed by atoms with van der Waals surface area (Å²) in [7, 11) is 0. The minimum absolute atomic E-state index is 0.194. The number of allylic oxidation sites excluding steroid dienone is 1. The van der Waals surface area contributed by atoms with E-state index in [9.17, 15) is 0 Å². The molecule has 0 aliphatic carbocycles. The third kappa shape index (κ3) is 6.26. The summed E-state index contributed by atoms with van der Waals surface area (Å²) >= 11 is 9.53. The molecule has 0 heterocycles. The highest BCUT2D eigenvalue weighted by Crippen LogP contribution is 1.99. The topological polar surface area (TPSA) is 0 Å². The quantitative estimate of drug-likeness (QED) is 0.601. The van der Waals surface area contributed by atoms with Gasteiger partial charge in [0.25, 0.3) is 0 Å². The lowest BCUT2D eigenvalue weighted by atomic mass is 10.2. The fourth-order valence-corrected chi connectivity index (χ4v) is 0.757. The molecule has 0 aromatic heterocycles. The van der Waals surface area contributed by atoms with Gasteiger partial charge < -0.3 is 0 Å². The third-order valence-corrected chi connectivity index (χ3v) is 1.16. The van der Waals surface area contributed by atoms with Crippen LogP contribution in [0.3, 0.4) is 0 Å². The number of hydrogen-bond acceptors (Lipinski definition) is 0. The molecule has 0 amide bonds. The summed E-state index contributed by atoms with van der Waals surface area (Å²) in [6.45, 7) is 2.02. The number of rotatable bonds is 1. The van der Waals surface area contributed by atoms with Crippen molar-refractivity contribution in [2.45, 2.75) is 6.92 Å². The molecule has 1 aromatic rings. The van der Waals surface area contributed by atoms with Crippen LogP contribution in [0.25, 0.3) is 6.08 Å². The molecule has 66 valence electrons. The third-order valence-electron chi connectivity index (χ3n) is 1.16. The summed E-state index contributed by atoms with van der Waals surface area (Å²) in [5.41, 5.74) is 1.26. The molecule has 1 rings (SSSR count). The van der Waals surface area contributed by atoms with E-state index in [1.807, 2.05) is 31.2 Å². The van der Waals surface area contributed by atoms with Gasteiger partial charge in [-0.1, -0.05) is 42.5 Å². The van der Waals surface area contributed by atoms with E-state index in [0.29, 0.717) is 0 Å². The Balaban J connectivity index is 0.000000354. The molecule has 0 aliphatic rings. The molecule has 0 N–H and O–H groups in total. The molecule has 0 saturated carbocycles. The molecule has 1 aromatic carbocycles. The van der Waals surface area contributed by atoms with Crippen LogP contribution in [-0.2, 0) is 0 Å². The minimum Gasteiger partial charge on any atom is -0.109 e. The lowest BCUT2D eigenvalue weighted by Gasteiger charge is -1.86. The van der Waals surface area contributed by atoms with Gasteiger partial charge in [-0.3, -0.25) is 0 Å². The van der Waals surface area contributed by atoms with E-state index in [1.54, 1.807) is 0 Å². The van der Waals surface area contributed by atoms with E-state index in [1.165, 1.54) is 5.56 Å². The van der Waals surface area contributed by atoms with Crippen LogP contribution in [0.1, 0.15) is 12.5 Å². The summed E-state index contributed by atoms with van der Waals surface area (Å²) in [4.78, 5) is 0. The van der Waals surface area contributed by atoms with E-state index in [0.717, 1.165) is 0 Å². The van der Waals surface area contributed by atoms with Crippen molar-refractivity contribution in [3.63, 3.8) is 0 Å². The average molecular weight is 203 g/mol. The molecule has 12 heavy (non-hydrogen) atoms. The van der Waals surface area contributed by atoms with E-state index < -0.39 is 0 Å². The maximum Gasteiger partial charge on any atom is 0.0967 e. The Kier molecular flexibility index (Phi) is 8.30. The largest absolute Gasteiger partial charge is 0.109 e. The molecule has 0 saturated heterocycles. The van der Waals surface area contributed by atoms with Gasteiger partial charge in [0.15, 0.2) is 0 Å². The average Bonchev–Trinajstić information content (AvgIpc) is 2.08. The van der Waals surface area contributed by atoms with Gasteiger partial charge in [0.2, 0.25) is 0 Å².